The Morgan fingerprint density at radius 2 is 2.03 bits per heavy atom. The topological polar surface area (TPSA) is 84.6 Å². The summed E-state index contributed by atoms with van der Waals surface area (Å²) in [5.74, 6) is -0.955. The molecule has 2 N–H and O–H groups in total. The van der Waals surface area contributed by atoms with E-state index < -0.39 is 5.82 Å². The van der Waals surface area contributed by atoms with Gasteiger partial charge in [-0.15, -0.1) is 0 Å². The van der Waals surface area contributed by atoms with E-state index in [9.17, 15) is 4.79 Å². The van der Waals surface area contributed by atoms with Crippen molar-refractivity contribution in [2.45, 2.75) is 25.8 Å². The van der Waals surface area contributed by atoms with Crippen LogP contribution < -0.4 is 0 Å². The first-order chi connectivity index (χ1) is 15.0. The Balaban J connectivity index is 2.06. The zero-order valence-corrected chi connectivity index (χ0v) is 19.1. The van der Waals surface area contributed by atoms with Crippen LogP contribution in [0.25, 0.3) is 11.0 Å². The highest BCUT2D eigenvalue weighted by Gasteiger charge is 2.22. The van der Waals surface area contributed by atoms with Gasteiger partial charge in [0.05, 0.1) is 25.1 Å². The molecular formula is C22H23BrClFN2O4. The molecule has 0 radical (unpaired) electrons. The number of imidazole rings is 1. The molecule has 0 bridgehead atoms. The Bertz CT molecular complexity index is 1070. The lowest BCUT2D eigenvalue weighted by Gasteiger charge is -2.14. The van der Waals surface area contributed by atoms with Crippen molar-refractivity contribution in [3.8, 4) is 0 Å². The molecular weight excluding hydrogens is 491 g/mol. The van der Waals surface area contributed by atoms with Gasteiger partial charge in [-0.1, -0.05) is 33.6 Å². The molecule has 31 heavy (non-hydrogen) atoms. The summed E-state index contributed by atoms with van der Waals surface area (Å²) < 4.78 is 23.3. The summed E-state index contributed by atoms with van der Waals surface area (Å²) >= 11 is 9.68. The van der Waals surface area contributed by atoms with Crippen molar-refractivity contribution in [2.24, 2.45) is 0 Å². The summed E-state index contributed by atoms with van der Waals surface area (Å²) in [6.07, 6.45) is 2.97. The first kappa shape index (κ1) is 23.8. The standard InChI is InChI=1S/C22H23BrClFN2O4/c23-15-4-3-14(18(24)10-15)9-17-16(20(30)12-31-8-7-29)11-19-22(21(17)25)26-13-27(19)5-1-2-6-28/h3-4,10-11,13,28-29H,1-2,5-9,12H2. The number of rotatable bonds is 11. The monoisotopic (exact) mass is 512 g/mol. The molecule has 2 aromatic carbocycles. The number of unbranched alkanes of at least 4 members (excludes halogenated alkanes) is 1. The van der Waals surface area contributed by atoms with Crippen molar-refractivity contribution in [2.75, 3.05) is 26.4 Å². The zero-order chi connectivity index (χ0) is 22.4. The average molecular weight is 514 g/mol. The number of hydrogen-bond acceptors (Lipinski definition) is 5. The average Bonchev–Trinajstić information content (AvgIpc) is 3.15. The van der Waals surface area contributed by atoms with Gasteiger partial charge >= 0.3 is 0 Å². The number of Topliss-reactive ketones (excluding diaryl/α,β-unsaturated/α-hetero) is 1. The Morgan fingerprint density at radius 3 is 2.74 bits per heavy atom. The molecule has 9 heteroatoms. The molecule has 6 nitrogen and oxygen atoms in total. The normalized spacial score (nSPS) is 11.4. The van der Waals surface area contributed by atoms with Gasteiger partial charge in [0.1, 0.15) is 12.1 Å². The van der Waals surface area contributed by atoms with E-state index in [0.29, 0.717) is 35.5 Å². The van der Waals surface area contributed by atoms with Crippen LogP contribution >= 0.6 is 27.5 Å². The number of aromatic nitrogens is 2. The number of aliphatic hydroxyl groups is 2. The Morgan fingerprint density at radius 1 is 1.23 bits per heavy atom. The van der Waals surface area contributed by atoms with Crippen molar-refractivity contribution in [3.05, 3.63) is 62.6 Å². The summed E-state index contributed by atoms with van der Waals surface area (Å²) in [6, 6.07) is 6.94. The Hall–Kier alpha value is -1.84. The van der Waals surface area contributed by atoms with Crippen LogP contribution in [-0.2, 0) is 17.7 Å². The maximum atomic E-state index is 15.6. The van der Waals surface area contributed by atoms with E-state index in [0.717, 1.165) is 4.47 Å². The minimum atomic E-state index is -0.567. The lowest BCUT2D eigenvalue weighted by Crippen LogP contribution is -2.15. The number of fused-ring (bicyclic) bond motifs is 1. The number of carbonyl (C=O) groups is 1. The van der Waals surface area contributed by atoms with Crippen molar-refractivity contribution in [1.29, 1.82) is 0 Å². The molecule has 1 heterocycles. The molecule has 0 fully saturated rings. The number of aliphatic hydroxyl groups excluding tert-OH is 2. The second-order valence-corrected chi connectivity index (χ2v) is 8.39. The fourth-order valence-electron chi connectivity index (χ4n) is 3.35. The minimum absolute atomic E-state index is 0.0173. The van der Waals surface area contributed by atoms with Crippen molar-refractivity contribution < 1.29 is 24.1 Å². The zero-order valence-electron chi connectivity index (χ0n) is 16.8. The van der Waals surface area contributed by atoms with E-state index in [1.165, 1.54) is 6.33 Å². The van der Waals surface area contributed by atoms with E-state index >= 15 is 4.39 Å². The van der Waals surface area contributed by atoms with Crippen LogP contribution in [-0.4, -0.2) is 52.0 Å². The highest BCUT2D eigenvalue weighted by atomic mass is 79.9. The second kappa shape index (κ2) is 11.2. The molecule has 0 saturated heterocycles. The van der Waals surface area contributed by atoms with Gasteiger partial charge in [-0.2, -0.15) is 0 Å². The summed E-state index contributed by atoms with van der Waals surface area (Å²) in [5.41, 5.74) is 1.77. The van der Waals surface area contributed by atoms with E-state index in [4.69, 9.17) is 26.6 Å². The molecule has 0 aliphatic carbocycles. The van der Waals surface area contributed by atoms with Crippen LogP contribution in [0.15, 0.2) is 35.1 Å². The number of ketones is 1. The molecule has 1 aromatic heterocycles. The highest BCUT2D eigenvalue weighted by Crippen LogP contribution is 2.30. The van der Waals surface area contributed by atoms with Crippen molar-refractivity contribution >= 4 is 44.3 Å². The quantitative estimate of drug-likeness (QED) is 0.297. The van der Waals surface area contributed by atoms with Crippen LogP contribution in [0.1, 0.15) is 34.3 Å². The summed E-state index contributed by atoms with van der Waals surface area (Å²) in [4.78, 5) is 17.1. The van der Waals surface area contributed by atoms with Crippen LogP contribution in [0.3, 0.4) is 0 Å². The maximum absolute atomic E-state index is 15.6. The molecule has 0 saturated carbocycles. The van der Waals surface area contributed by atoms with Gasteiger partial charge in [0, 0.05) is 40.2 Å². The third-order valence-electron chi connectivity index (χ3n) is 4.92. The molecule has 0 spiro atoms. The van der Waals surface area contributed by atoms with E-state index in [2.05, 4.69) is 20.9 Å². The van der Waals surface area contributed by atoms with Crippen LogP contribution in [0.5, 0.6) is 0 Å². The largest absolute Gasteiger partial charge is 0.396 e. The number of hydrogen-bond donors (Lipinski definition) is 2. The number of benzene rings is 2. The number of nitrogens with zero attached hydrogens (tertiary/aromatic N) is 2. The van der Waals surface area contributed by atoms with Crippen molar-refractivity contribution in [3.63, 3.8) is 0 Å². The molecule has 3 rings (SSSR count). The van der Waals surface area contributed by atoms with Gasteiger partial charge in [-0.25, -0.2) is 9.37 Å². The molecule has 0 unspecified atom stereocenters. The first-order valence-electron chi connectivity index (χ1n) is 9.89. The van der Waals surface area contributed by atoms with Crippen LogP contribution in [0.2, 0.25) is 5.02 Å². The second-order valence-electron chi connectivity index (χ2n) is 7.06. The predicted molar refractivity (Wildman–Crippen MR) is 120 cm³/mol. The molecule has 0 amide bonds. The van der Waals surface area contributed by atoms with E-state index in [1.54, 1.807) is 28.8 Å². The number of carbonyl (C=O) groups excluding carboxylic acids is 1. The van der Waals surface area contributed by atoms with E-state index in [-0.39, 0.29) is 55.3 Å². The van der Waals surface area contributed by atoms with Crippen LogP contribution in [0, 0.1) is 5.82 Å². The maximum Gasteiger partial charge on any atom is 0.188 e. The molecule has 166 valence electrons. The predicted octanol–water partition coefficient (Wildman–Crippen LogP) is 4.15. The lowest BCUT2D eigenvalue weighted by molar-refractivity contribution is 0.0663. The summed E-state index contributed by atoms with van der Waals surface area (Å²) in [5, 5.41) is 18.4. The van der Waals surface area contributed by atoms with Crippen molar-refractivity contribution in [1.82, 2.24) is 9.55 Å². The third kappa shape index (κ3) is 5.70. The van der Waals surface area contributed by atoms with Gasteiger partial charge < -0.3 is 19.5 Å². The SMILES string of the molecule is O=C(COCCO)c1cc2c(ncn2CCCCO)c(F)c1Cc1ccc(Br)cc1Cl. The van der Waals surface area contributed by atoms with E-state index in [1.807, 2.05) is 0 Å². The number of halogens is 3. The van der Waals surface area contributed by atoms with Gasteiger partial charge in [0.2, 0.25) is 0 Å². The summed E-state index contributed by atoms with van der Waals surface area (Å²) in [7, 11) is 0. The Kier molecular flexibility index (Phi) is 8.57. The number of ether oxygens (including phenoxy) is 1. The van der Waals surface area contributed by atoms with Gasteiger partial charge in [0.15, 0.2) is 11.6 Å². The fourth-order valence-corrected chi connectivity index (χ4v) is 4.09. The molecule has 0 atom stereocenters. The first-order valence-corrected chi connectivity index (χ1v) is 11.1. The fraction of sp³-hybridized carbons (Fsp3) is 0.364. The van der Waals surface area contributed by atoms with Gasteiger partial charge in [0.25, 0.3) is 0 Å². The van der Waals surface area contributed by atoms with Crippen LogP contribution in [0.4, 0.5) is 4.39 Å². The summed E-state index contributed by atoms with van der Waals surface area (Å²) in [6.45, 7) is 0.155. The lowest BCUT2D eigenvalue weighted by atomic mass is 9.95. The molecule has 0 aliphatic rings. The minimum Gasteiger partial charge on any atom is -0.396 e. The smallest absolute Gasteiger partial charge is 0.188 e. The van der Waals surface area contributed by atoms with Gasteiger partial charge in [-0.3, -0.25) is 4.79 Å². The molecule has 0 aliphatic heterocycles. The Labute approximate surface area is 192 Å². The molecule has 3 aromatic rings. The number of aryl methyl sites for hydroxylation is 1. The highest BCUT2D eigenvalue weighted by molar-refractivity contribution is 9.10. The third-order valence-corrected chi connectivity index (χ3v) is 5.76. The van der Waals surface area contributed by atoms with Gasteiger partial charge in [-0.05, 0) is 36.6 Å².